The zero-order chi connectivity index (χ0) is 21.3. The average molecular weight is 422 g/mol. The number of ether oxygens (including phenoxy) is 2. The number of rotatable bonds is 6. The second-order valence-corrected chi connectivity index (χ2v) is 8.82. The number of methoxy groups -OCH3 is 2. The molecule has 0 fully saturated rings. The van der Waals surface area contributed by atoms with Gasteiger partial charge < -0.3 is 9.47 Å². The quantitative estimate of drug-likeness (QED) is 0.449. The molecule has 3 aromatic carbocycles. The Hall–Kier alpha value is -3.25. The number of benzene rings is 3. The van der Waals surface area contributed by atoms with Crippen molar-refractivity contribution in [2.45, 2.75) is 18.2 Å². The van der Waals surface area contributed by atoms with E-state index < -0.39 is 10.0 Å². The molecule has 0 aliphatic heterocycles. The summed E-state index contributed by atoms with van der Waals surface area (Å²) in [7, 11) is -0.587. The van der Waals surface area contributed by atoms with Crippen LogP contribution in [0.15, 0.2) is 77.7 Å². The molecule has 0 saturated carbocycles. The molecule has 30 heavy (non-hydrogen) atoms. The molecule has 154 valence electrons. The van der Waals surface area contributed by atoms with E-state index in [1.54, 1.807) is 38.5 Å². The Balaban J connectivity index is 1.93. The first-order chi connectivity index (χ1) is 14.5. The lowest BCUT2D eigenvalue weighted by molar-refractivity contribution is 0.354. The molecule has 0 atom stereocenters. The van der Waals surface area contributed by atoms with Gasteiger partial charge in [0.25, 0.3) is 10.0 Å². The number of nitrogens with zero attached hydrogens (tertiary/aromatic N) is 1. The smallest absolute Gasteiger partial charge is 0.268 e. The van der Waals surface area contributed by atoms with Gasteiger partial charge in [0.2, 0.25) is 0 Å². The van der Waals surface area contributed by atoms with Crippen molar-refractivity contribution >= 4 is 20.9 Å². The highest BCUT2D eigenvalue weighted by Gasteiger charge is 2.25. The molecule has 1 aromatic heterocycles. The van der Waals surface area contributed by atoms with Gasteiger partial charge in [-0.15, -0.1) is 0 Å². The molecule has 0 aliphatic carbocycles. The summed E-state index contributed by atoms with van der Waals surface area (Å²) in [4.78, 5) is 0.263. The van der Waals surface area contributed by atoms with Crippen molar-refractivity contribution in [1.82, 2.24) is 3.97 Å². The molecule has 0 unspecified atom stereocenters. The van der Waals surface area contributed by atoms with Crippen LogP contribution in [0.5, 0.6) is 11.5 Å². The predicted octanol–water partition coefficient (Wildman–Crippen LogP) is 4.79. The van der Waals surface area contributed by atoms with Crippen molar-refractivity contribution in [2.24, 2.45) is 0 Å². The fraction of sp³-hybridized carbons (Fsp3) is 0.167. The monoisotopic (exact) mass is 421 g/mol. The summed E-state index contributed by atoms with van der Waals surface area (Å²) >= 11 is 0. The summed E-state index contributed by atoms with van der Waals surface area (Å²) in [5.41, 5.74) is 3.28. The Morgan fingerprint density at radius 3 is 2.20 bits per heavy atom. The van der Waals surface area contributed by atoms with E-state index in [1.807, 2.05) is 55.5 Å². The van der Waals surface area contributed by atoms with Gasteiger partial charge in [-0.3, -0.25) is 0 Å². The lowest BCUT2D eigenvalue weighted by atomic mass is 10.1. The SMILES string of the molecule is COc1ccc(Cc2c(C)c3ccccc3n2S(=O)(=O)c2ccccc2)cc1OC. The Bertz CT molecular complexity index is 1310. The predicted molar refractivity (Wildman–Crippen MR) is 118 cm³/mol. The van der Waals surface area contributed by atoms with Crippen molar-refractivity contribution < 1.29 is 17.9 Å². The van der Waals surface area contributed by atoms with E-state index in [0.29, 0.717) is 23.4 Å². The summed E-state index contributed by atoms with van der Waals surface area (Å²) < 4.78 is 39.4. The second-order valence-electron chi connectivity index (χ2n) is 7.04. The molecule has 5 nitrogen and oxygen atoms in total. The highest BCUT2D eigenvalue weighted by Crippen LogP contribution is 2.33. The van der Waals surface area contributed by atoms with E-state index >= 15 is 0 Å². The Morgan fingerprint density at radius 2 is 1.50 bits per heavy atom. The van der Waals surface area contributed by atoms with E-state index in [9.17, 15) is 8.42 Å². The van der Waals surface area contributed by atoms with Crippen LogP contribution in [-0.4, -0.2) is 26.6 Å². The Kier molecular flexibility index (Phi) is 5.26. The van der Waals surface area contributed by atoms with Crippen LogP contribution < -0.4 is 9.47 Å². The molecule has 0 bridgehead atoms. The zero-order valence-electron chi connectivity index (χ0n) is 17.1. The molecular formula is C24H23NO4S. The number of fused-ring (bicyclic) bond motifs is 1. The van der Waals surface area contributed by atoms with Gasteiger partial charge in [0.05, 0.1) is 24.6 Å². The van der Waals surface area contributed by atoms with E-state index in [2.05, 4.69) is 0 Å². The number of para-hydroxylation sites is 1. The maximum Gasteiger partial charge on any atom is 0.268 e. The van der Waals surface area contributed by atoms with Crippen LogP contribution in [0.25, 0.3) is 10.9 Å². The molecule has 4 rings (SSSR count). The molecule has 1 heterocycles. The van der Waals surface area contributed by atoms with Gasteiger partial charge in [0.15, 0.2) is 11.5 Å². The third kappa shape index (κ3) is 3.33. The summed E-state index contributed by atoms with van der Waals surface area (Å²) in [6, 6.07) is 21.8. The Morgan fingerprint density at radius 1 is 0.833 bits per heavy atom. The van der Waals surface area contributed by atoms with Crippen LogP contribution in [0.2, 0.25) is 0 Å². The first kappa shape index (κ1) is 20.0. The van der Waals surface area contributed by atoms with Crippen LogP contribution in [0.3, 0.4) is 0 Å². The molecule has 0 spiro atoms. The topological polar surface area (TPSA) is 57.5 Å². The van der Waals surface area contributed by atoms with Gasteiger partial charge in [0, 0.05) is 17.5 Å². The fourth-order valence-corrected chi connectivity index (χ4v) is 5.40. The molecule has 6 heteroatoms. The van der Waals surface area contributed by atoms with E-state index in [0.717, 1.165) is 22.2 Å². The van der Waals surface area contributed by atoms with Crippen molar-refractivity contribution in [3.63, 3.8) is 0 Å². The minimum absolute atomic E-state index is 0.263. The number of hydrogen-bond acceptors (Lipinski definition) is 4. The van der Waals surface area contributed by atoms with Crippen molar-refractivity contribution in [2.75, 3.05) is 14.2 Å². The highest BCUT2D eigenvalue weighted by molar-refractivity contribution is 7.90. The third-order valence-corrected chi connectivity index (χ3v) is 7.07. The van der Waals surface area contributed by atoms with Gasteiger partial charge in [-0.25, -0.2) is 12.4 Å². The van der Waals surface area contributed by atoms with Gasteiger partial charge >= 0.3 is 0 Å². The molecular weight excluding hydrogens is 398 g/mol. The number of aromatic nitrogens is 1. The summed E-state index contributed by atoms with van der Waals surface area (Å²) in [5.74, 6) is 1.25. The third-order valence-electron chi connectivity index (χ3n) is 5.31. The summed E-state index contributed by atoms with van der Waals surface area (Å²) in [6.07, 6.45) is 0.437. The first-order valence-electron chi connectivity index (χ1n) is 9.58. The maximum absolute atomic E-state index is 13.6. The van der Waals surface area contributed by atoms with E-state index in [4.69, 9.17) is 9.47 Å². The molecule has 0 aliphatic rings. The average Bonchev–Trinajstić information content (AvgIpc) is 3.06. The normalized spacial score (nSPS) is 11.6. The van der Waals surface area contributed by atoms with Crippen molar-refractivity contribution in [3.8, 4) is 11.5 Å². The minimum atomic E-state index is -3.76. The van der Waals surface area contributed by atoms with Crippen LogP contribution in [-0.2, 0) is 16.4 Å². The van der Waals surface area contributed by atoms with Gasteiger partial charge in [-0.1, -0.05) is 42.5 Å². The lowest BCUT2D eigenvalue weighted by Crippen LogP contribution is -2.16. The fourth-order valence-electron chi connectivity index (χ4n) is 3.78. The van der Waals surface area contributed by atoms with Crippen molar-refractivity contribution in [3.05, 3.63) is 89.6 Å². The zero-order valence-corrected chi connectivity index (χ0v) is 17.9. The van der Waals surface area contributed by atoms with E-state index in [1.165, 1.54) is 3.97 Å². The van der Waals surface area contributed by atoms with Crippen LogP contribution in [0.1, 0.15) is 16.8 Å². The maximum atomic E-state index is 13.6. The summed E-state index contributed by atoms with van der Waals surface area (Å²) in [6.45, 7) is 1.97. The largest absolute Gasteiger partial charge is 0.493 e. The number of hydrogen-bond donors (Lipinski definition) is 0. The minimum Gasteiger partial charge on any atom is -0.493 e. The summed E-state index contributed by atoms with van der Waals surface area (Å²) in [5, 5.41) is 0.924. The van der Waals surface area contributed by atoms with E-state index in [-0.39, 0.29) is 4.90 Å². The second kappa shape index (κ2) is 7.88. The van der Waals surface area contributed by atoms with Crippen LogP contribution in [0, 0.1) is 6.92 Å². The number of aryl methyl sites for hydroxylation is 1. The van der Waals surface area contributed by atoms with Crippen LogP contribution in [0.4, 0.5) is 0 Å². The van der Waals surface area contributed by atoms with Crippen LogP contribution >= 0.6 is 0 Å². The highest BCUT2D eigenvalue weighted by atomic mass is 32.2. The molecule has 0 N–H and O–H groups in total. The van der Waals surface area contributed by atoms with Crippen molar-refractivity contribution in [1.29, 1.82) is 0 Å². The standard InChI is InChI=1S/C24H23NO4S/c1-17-20-11-7-8-12-21(20)25(30(26,27)19-9-5-4-6-10-19)22(17)15-18-13-14-23(28-2)24(16-18)29-3/h4-14,16H,15H2,1-3H3. The van der Waals surface area contributed by atoms with Gasteiger partial charge in [-0.2, -0.15) is 0 Å². The lowest BCUT2D eigenvalue weighted by Gasteiger charge is -2.14. The first-order valence-corrected chi connectivity index (χ1v) is 11.0. The van der Waals surface area contributed by atoms with Gasteiger partial charge in [0.1, 0.15) is 0 Å². The molecule has 4 aromatic rings. The Labute approximate surface area is 176 Å². The molecule has 0 amide bonds. The van der Waals surface area contributed by atoms with Gasteiger partial charge in [-0.05, 0) is 48.4 Å². The molecule has 0 saturated heterocycles. The molecule has 0 radical (unpaired) electrons.